The third kappa shape index (κ3) is 18.4. The summed E-state index contributed by atoms with van der Waals surface area (Å²) in [5, 5.41) is 12.4. The zero-order chi connectivity index (χ0) is 52.2. The lowest BCUT2D eigenvalue weighted by molar-refractivity contribution is -0.375. The Hall–Kier alpha value is -5.38. The third-order valence-electron chi connectivity index (χ3n) is 13.8. The van der Waals surface area contributed by atoms with Crippen LogP contribution in [0.4, 0.5) is 0 Å². The first-order chi connectivity index (χ1) is 37.6. The molecule has 404 valence electrons. The molecule has 0 spiro atoms. The van der Waals surface area contributed by atoms with Crippen LogP contribution in [-0.4, -0.2) is 86.3 Å². The highest BCUT2D eigenvalue weighted by atomic mass is 16.8. The maximum Gasteiger partial charge on any atom is 0.187 e. The van der Waals surface area contributed by atoms with E-state index < -0.39 is 61.4 Å². The van der Waals surface area contributed by atoms with E-state index in [1.54, 1.807) is 0 Å². The van der Waals surface area contributed by atoms with Gasteiger partial charge in [0.2, 0.25) is 0 Å². The molecule has 11 nitrogen and oxygen atoms in total. The molecule has 0 aliphatic carbocycles. The van der Waals surface area contributed by atoms with Crippen molar-refractivity contribution >= 4 is 0 Å². The summed E-state index contributed by atoms with van der Waals surface area (Å²) < 4.78 is 69.0. The molecule has 2 aliphatic rings. The van der Waals surface area contributed by atoms with Crippen molar-refractivity contribution in [2.45, 2.75) is 152 Å². The summed E-state index contributed by atoms with van der Waals surface area (Å²) in [6.45, 7) is 6.03. The number of aliphatic hydroxyl groups is 1. The fourth-order valence-corrected chi connectivity index (χ4v) is 9.61. The number of aliphatic hydroxyl groups excluding tert-OH is 1. The third-order valence-corrected chi connectivity index (χ3v) is 13.8. The number of hydrogen-bond donors (Lipinski definition) is 1. The van der Waals surface area contributed by atoms with E-state index in [4.69, 9.17) is 47.4 Å². The topological polar surface area (TPSA) is 113 Å². The summed E-state index contributed by atoms with van der Waals surface area (Å²) in [5.74, 6) is 0. The van der Waals surface area contributed by atoms with E-state index in [0.717, 1.165) is 59.1 Å². The van der Waals surface area contributed by atoms with Gasteiger partial charge in [-0.25, -0.2) is 0 Å². The molecule has 76 heavy (non-hydrogen) atoms. The minimum atomic E-state index is -1.17. The van der Waals surface area contributed by atoms with Crippen LogP contribution >= 0.6 is 0 Å². The van der Waals surface area contributed by atoms with Crippen LogP contribution in [0, 0.1) is 0 Å². The Morgan fingerprint density at radius 2 is 0.724 bits per heavy atom. The molecular formula is C65H78O11. The Morgan fingerprint density at radius 1 is 0.368 bits per heavy atom. The predicted molar refractivity (Wildman–Crippen MR) is 294 cm³/mol. The van der Waals surface area contributed by atoms with Crippen LogP contribution < -0.4 is 0 Å². The highest BCUT2D eigenvalue weighted by Crippen LogP contribution is 2.36. The molecule has 2 saturated heterocycles. The average molecular weight is 1040 g/mol. The second-order valence-electron chi connectivity index (χ2n) is 19.6. The van der Waals surface area contributed by atoms with Crippen molar-refractivity contribution in [2.24, 2.45) is 0 Å². The highest BCUT2D eigenvalue weighted by Gasteiger charge is 2.54. The first kappa shape index (κ1) is 56.8. The average Bonchev–Trinajstić information content (AvgIpc) is 3.49. The predicted octanol–water partition coefficient (Wildman–Crippen LogP) is 12.3. The fourth-order valence-electron chi connectivity index (χ4n) is 9.61. The van der Waals surface area contributed by atoms with Gasteiger partial charge in [-0.1, -0.05) is 220 Å². The SMILES string of the molecule is C=CCCCCCCCCCO[C@@H]1O[C@H](COCc2ccccc2)[C@@H](O[C@@H]2O[C@H](COCc3ccccc3)[C@H](O)[C@H](OCc3ccccc3)[C@H]2OCc2ccccc2)[C@H](OCc2ccccc2)[C@H]1OCc1ccccc1. The zero-order valence-electron chi connectivity index (χ0n) is 43.9. The molecule has 2 aliphatic heterocycles. The summed E-state index contributed by atoms with van der Waals surface area (Å²) in [6, 6.07) is 59.9. The molecule has 6 aromatic rings. The van der Waals surface area contributed by atoms with Crippen LogP contribution in [0.2, 0.25) is 0 Å². The molecule has 0 radical (unpaired) electrons. The second-order valence-corrected chi connectivity index (χ2v) is 19.6. The van der Waals surface area contributed by atoms with E-state index in [-0.39, 0.29) is 39.6 Å². The Labute approximate surface area is 451 Å². The molecule has 2 fully saturated rings. The number of allylic oxidation sites excluding steroid dienone is 1. The van der Waals surface area contributed by atoms with Gasteiger partial charge in [0.25, 0.3) is 0 Å². The van der Waals surface area contributed by atoms with Crippen molar-refractivity contribution in [3.8, 4) is 0 Å². The molecule has 10 atom stereocenters. The van der Waals surface area contributed by atoms with E-state index >= 15 is 0 Å². The highest BCUT2D eigenvalue weighted by molar-refractivity contribution is 5.18. The Bertz CT molecular complexity index is 2440. The smallest absolute Gasteiger partial charge is 0.187 e. The van der Waals surface area contributed by atoms with E-state index in [9.17, 15) is 5.11 Å². The van der Waals surface area contributed by atoms with Gasteiger partial charge in [0.05, 0.1) is 52.9 Å². The van der Waals surface area contributed by atoms with Gasteiger partial charge in [-0.3, -0.25) is 0 Å². The first-order valence-electron chi connectivity index (χ1n) is 27.3. The van der Waals surface area contributed by atoms with Gasteiger partial charge >= 0.3 is 0 Å². The summed E-state index contributed by atoms with van der Waals surface area (Å²) in [4.78, 5) is 0. The van der Waals surface area contributed by atoms with Crippen molar-refractivity contribution in [3.63, 3.8) is 0 Å². The lowest BCUT2D eigenvalue weighted by Gasteiger charge is -2.49. The summed E-state index contributed by atoms with van der Waals surface area (Å²) in [7, 11) is 0. The second kappa shape index (κ2) is 32.4. The van der Waals surface area contributed by atoms with Crippen molar-refractivity contribution in [3.05, 3.63) is 228 Å². The Morgan fingerprint density at radius 3 is 1.17 bits per heavy atom. The van der Waals surface area contributed by atoms with Gasteiger partial charge in [0.1, 0.15) is 48.8 Å². The van der Waals surface area contributed by atoms with E-state index in [2.05, 4.69) is 6.58 Å². The number of ether oxygens (including phenoxy) is 10. The molecule has 0 unspecified atom stereocenters. The Balaban J connectivity index is 1.13. The van der Waals surface area contributed by atoms with Gasteiger partial charge in [-0.15, -0.1) is 6.58 Å². The molecule has 1 N–H and O–H groups in total. The lowest BCUT2D eigenvalue weighted by Crippen LogP contribution is -2.66. The minimum Gasteiger partial charge on any atom is -0.387 e. The quantitative estimate of drug-likeness (QED) is 0.0314. The summed E-state index contributed by atoms with van der Waals surface area (Å²) in [5.41, 5.74) is 5.83. The molecule has 6 aromatic carbocycles. The van der Waals surface area contributed by atoms with Gasteiger partial charge in [0.15, 0.2) is 12.6 Å². The van der Waals surface area contributed by atoms with Gasteiger partial charge in [-0.2, -0.15) is 0 Å². The molecule has 2 heterocycles. The van der Waals surface area contributed by atoms with Gasteiger partial charge in [0, 0.05) is 6.61 Å². The maximum absolute atomic E-state index is 12.4. The van der Waals surface area contributed by atoms with Gasteiger partial charge in [-0.05, 0) is 52.6 Å². The first-order valence-corrected chi connectivity index (χ1v) is 27.3. The van der Waals surface area contributed by atoms with Crippen LogP contribution in [-0.2, 0) is 87.0 Å². The van der Waals surface area contributed by atoms with Gasteiger partial charge < -0.3 is 52.5 Å². The number of unbranched alkanes of at least 4 members (excludes halogenated alkanes) is 7. The Kier molecular flexibility index (Phi) is 24.2. The number of benzene rings is 6. The van der Waals surface area contributed by atoms with E-state index in [0.29, 0.717) is 19.8 Å². The van der Waals surface area contributed by atoms with Crippen molar-refractivity contribution in [1.29, 1.82) is 0 Å². The molecule has 8 rings (SSSR count). The van der Waals surface area contributed by atoms with Crippen molar-refractivity contribution in [1.82, 2.24) is 0 Å². The normalized spacial score (nSPS) is 23.5. The van der Waals surface area contributed by atoms with Crippen molar-refractivity contribution < 1.29 is 52.5 Å². The molecule has 0 saturated carbocycles. The monoisotopic (exact) mass is 1030 g/mol. The minimum absolute atomic E-state index is 0.0410. The molecule has 11 heteroatoms. The van der Waals surface area contributed by atoms with Crippen molar-refractivity contribution in [2.75, 3.05) is 19.8 Å². The zero-order valence-corrected chi connectivity index (χ0v) is 43.9. The number of hydrogen-bond acceptors (Lipinski definition) is 11. The summed E-state index contributed by atoms with van der Waals surface area (Å²) >= 11 is 0. The summed E-state index contributed by atoms with van der Waals surface area (Å²) in [6.07, 6.45) is 1.71. The lowest BCUT2D eigenvalue weighted by atomic mass is 9.96. The maximum atomic E-state index is 12.4. The fraction of sp³-hybridized carbons (Fsp3) is 0.415. The number of rotatable bonds is 33. The van der Waals surface area contributed by atoms with Crippen LogP contribution in [0.15, 0.2) is 195 Å². The molecule has 0 bridgehead atoms. The van der Waals surface area contributed by atoms with E-state index in [1.165, 1.54) is 25.7 Å². The van der Waals surface area contributed by atoms with Crippen LogP contribution in [0.5, 0.6) is 0 Å². The van der Waals surface area contributed by atoms with Crippen LogP contribution in [0.3, 0.4) is 0 Å². The largest absolute Gasteiger partial charge is 0.387 e. The van der Waals surface area contributed by atoms with E-state index in [1.807, 2.05) is 188 Å². The van der Waals surface area contributed by atoms with Crippen LogP contribution in [0.25, 0.3) is 0 Å². The molecular weight excluding hydrogens is 957 g/mol. The molecule has 0 aromatic heterocycles. The van der Waals surface area contributed by atoms with Crippen LogP contribution in [0.1, 0.15) is 84.7 Å². The molecule has 0 amide bonds. The standard InChI is InChI=1S/C65H78O11/c1-2-3-4-5-6-7-8-9-28-41-69-64-63(73-47-55-39-26-15-27-40-55)61(71-45-53-35-22-13-23-36-53)59(57(75-64)49-68-43-51-31-18-11-19-32-51)76-65-62(72-46-54-37-24-14-25-38-54)60(70-44-52-33-20-12-21-34-52)58(66)56(74-65)48-67-42-50-29-16-10-17-30-50/h2,10-27,29-40,56-66H,1,3-9,28,41-49H2/t56-,57-,58+,59-,60+,61+,62-,63-,64-,65+/m1/s1.